The summed E-state index contributed by atoms with van der Waals surface area (Å²) in [5.74, 6) is -1.03. The number of carbonyl (C=O) groups is 2. The van der Waals surface area contributed by atoms with Gasteiger partial charge < -0.3 is 14.7 Å². The second kappa shape index (κ2) is 8.33. The quantitative estimate of drug-likeness (QED) is 0.570. The van der Waals surface area contributed by atoms with E-state index in [0.717, 1.165) is 5.56 Å². The highest BCUT2D eigenvalue weighted by atomic mass is 32.1. The van der Waals surface area contributed by atoms with Gasteiger partial charge in [-0.3, -0.25) is 10.2 Å². The lowest BCUT2D eigenvalue weighted by Gasteiger charge is -2.25. The fourth-order valence-electron chi connectivity index (χ4n) is 1.65. The van der Waals surface area contributed by atoms with Crippen LogP contribution in [0.2, 0.25) is 0 Å². The fraction of sp³-hybridized carbons (Fsp3) is 0.400. The van der Waals surface area contributed by atoms with E-state index in [-0.39, 0.29) is 11.7 Å². The Morgan fingerprint density at radius 3 is 2.35 bits per heavy atom. The molecule has 1 aromatic carbocycles. The highest BCUT2D eigenvalue weighted by Gasteiger charge is 2.18. The molecule has 0 aliphatic rings. The van der Waals surface area contributed by atoms with Crippen LogP contribution in [-0.2, 0) is 16.1 Å². The van der Waals surface area contributed by atoms with E-state index in [0.29, 0.717) is 6.54 Å². The van der Waals surface area contributed by atoms with Gasteiger partial charge in [0.25, 0.3) is 0 Å². The molecular formula is C15H21N3O4S. The Morgan fingerprint density at radius 2 is 1.83 bits per heavy atom. The van der Waals surface area contributed by atoms with E-state index in [9.17, 15) is 9.59 Å². The number of rotatable bonds is 4. The lowest BCUT2D eigenvalue weighted by atomic mass is 10.2. The number of amides is 1. The van der Waals surface area contributed by atoms with Crippen LogP contribution in [0.5, 0.6) is 0 Å². The van der Waals surface area contributed by atoms with Crippen LogP contribution in [-0.4, -0.2) is 39.3 Å². The van der Waals surface area contributed by atoms with E-state index < -0.39 is 17.7 Å². The number of ether oxygens (including phenoxy) is 1. The van der Waals surface area contributed by atoms with Crippen molar-refractivity contribution in [2.45, 2.75) is 32.9 Å². The van der Waals surface area contributed by atoms with Gasteiger partial charge in [0.1, 0.15) is 12.1 Å². The van der Waals surface area contributed by atoms with E-state index in [1.54, 1.807) is 20.8 Å². The van der Waals surface area contributed by atoms with E-state index in [1.807, 2.05) is 30.3 Å². The van der Waals surface area contributed by atoms with Crippen molar-refractivity contribution < 1.29 is 19.4 Å². The van der Waals surface area contributed by atoms with Gasteiger partial charge in [-0.05, 0) is 38.6 Å². The largest absolute Gasteiger partial charge is 0.480 e. The summed E-state index contributed by atoms with van der Waals surface area (Å²) in [5.41, 5.74) is 5.05. The summed E-state index contributed by atoms with van der Waals surface area (Å²) in [6.07, 6.45) is -0.699. The maximum atomic E-state index is 11.6. The predicted molar refractivity (Wildman–Crippen MR) is 89.6 cm³/mol. The molecule has 0 saturated carbocycles. The van der Waals surface area contributed by atoms with Gasteiger partial charge in [-0.15, -0.1) is 0 Å². The highest BCUT2D eigenvalue weighted by molar-refractivity contribution is 7.80. The first-order valence-electron chi connectivity index (χ1n) is 6.97. The number of hydrogen-bond acceptors (Lipinski definition) is 4. The molecule has 0 aromatic heterocycles. The minimum Gasteiger partial charge on any atom is -0.480 e. The van der Waals surface area contributed by atoms with Crippen molar-refractivity contribution in [3.05, 3.63) is 35.9 Å². The molecule has 1 rings (SSSR count). The number of carbonyl (C=O) groups excluding carboxylic acids is 1. The van der Waals surface area contributed by atoms with E-state index in [1.165, 1.54) is 4.90 Å². The molecule has 0 heterocycles. The second-order valence-corrected chi connectivity index (χ2v) is 6.18. The van der Waals surface area contributed by atoms with Crippen molar-refractivity contribution >= 4 is 29.4 Å². The third-order valence-electron chi connectivity index (χ3n) is 2.50. The number of carboxylic acids is 1. The van der Waals surface area contributed by atoms with E-state index in [4.69, 9.17) is 22.1 Å². The summed E-state index contributed by atoms with van der Waals surface area (Å²) in [5, 5.41) is 9.09. The van der Waals surface area contributed by atoms with Gasteiger partial charge in [0.15, 0.2) is 5.11 Å². The monoisotopic (exact) mass is 339 g/mol. The molecule has 0 bridgehead atoms. The van der Waals surface area contributed by atoms with Crippen LogP contribution < -0.4 is 10.9 Å². The number of carboxylic acid groups (broad SMARTS) is 1. The summed E-state index contributed by atoms with van der Waals surface area (Å²) in [4.78, 5) is 24.0. The van der Waals surface area contributed by atoms with E-state index >= 15 is 0 Å². The molecule has 0 atom stereocenters. The Kier molecular flexibility index (Phi) is 6.77. The Bertz CT molecular complexity index is 558. The molecule has 3 N–H and O–H groups in total. The topological polar surface area (TPSA) is 90.9 Å². The van der Waals surface area contributed by atoms with Crippen LogP contribution in [0.25, 0.3) is 0 Å². The predicted octanol–water partition coefficient (Wildman–Crippen LogP) is 1.89. The third kappa shape index (κ3) is 8.01. The average molecular weight is 339 g/mol. The van der Waals surface area contributed by atoms with Crippen LogP contribution in [0.1, 0.15) is 26.3 Å². The first-order valence-corrected chi connectivity index (χ1v) is 7.38. The molecule has 0 fully saturated rings. The molecule has 0 radical (unpaired) electrons. The maximum absolute atomic E-state index is 11.6. The molecule has 0 spiro atoms. The Labute approximate surface area is 140 Å². The Balaban J connectivity index is 2.62. The van der Waals surface area contributed by atoms with Crippen molar-refractivity contribution in [1.29, 1.82) is 0 Å². The average Bonchev–Trinajstić information content (AvgIpc) is 2.43. The Morgan fingerprint density at radius 1 is 1.22 bits per heavy atom. The van der Waals surface area contributed by atoms with Crippen LogP contribution >= 0.6 is 12.2 Å². The van der Waals surface area contributed by atoms with Gasteiger partial charge in [0.2, 0.25) is 0 Å². The molecule has 0 unspecified atom stereocenters. The van der Waals surface area contributed by atoms with Gasteiger partial charge in [0.05, 0.1) is 0 Å². The molecule has 126 valence electrons. The summed E-state index contributed by atoms with van der Waals surface area (Å²) in [6, 6.07) is 9.29. The number of nitrogens with zero attached hydrogens (tertiary/aromatic N) is 1. The smallest absolute Gasteiger partial charge is 0.426 e. The number of benzene rings is 1. The zero-order valence-electron chi connectivity index (χ0n) is 13.3. The molecule has 0 aliphatic carbocycles. The molecule has 8 heteroatoms. The van der Waals surface area contributed by atoms with Crippen molar-refractivity contribution in [2.24, 2.45) is 0 Å². The van der Waals surface area contributed by atoms with Crippen LogP contribution in [0, 0.1) is 0 Å². The molecule has 1 amide bonds. The molecule has 1 aromatic rings. The highest BCUT2D eigenvalue weighted by Crippen LogP contribution is 2.07. The van der Waals surface area contributed by atoms with Crippen molar-refractivity contribution in [3.8, 4) is 0 Å². The standard InChI is InChI=1S/C15H21N3O4S/c1-15(2,3)22-14(21)17-16-13(23)18(10-12(19)20)9-11-7-5-4-6-8-11/h4-8H,9-10H2,1-3H3,(H,16,23)(H,17,21)(H,19,20). The zero-order chi connectivity index (χ0) is 17.5. The zero-order valence-corrected chi connectivity index (χ0v) is 14.1. The number of thiocarbonyl (C=S) groups is 1. The third-order valence-corrected chi connectivity index (χ3v) is 2.86. The number of hydrogen-bond donors (Lipinski definition) is 3. The Hall–Kier alpha value is -2.35. The summed E-state index contributed by atoms with van der Waals surface area (Å²) in [6.45, 7) is 5.21. The van der Waals surface area contributed by atoms with Gasteiger partial charge in [-0.25, -0.2) is 10.2 Å². The molecule has 0 saturated heterocycles. The van der Waals surface area contributed by atoms with Gasteiger partial charge in [-0.1, -0.05) is 30.3 Å². The van der Waals surface area contributed by atoms with Gasteiger partial charge >= 0.3 is 12.1 Å². The van der Waals surface area contributed by atoms with Crippen molar-refractivity contribution in [3.63, 3.8) is 0 Å². The van der Waals surface area contributed by atoms with Crippen molar-refractivity contribution in [1.82, 2.24) is 15.8 Å². The first-order chi connectivity index (χ1) is 10.7. The van der Waals surface area contributed by atoms with Crippen LogP contribution in [0.15, 0.2) is 30.3 Å². The van der Waals surface area contributed by atoms with E-state index in [2.05, 4.69) is 10.9 Å². The number of nitrogens with one attached hydrogen (secondary N) is 2. The molecule has 0 aliphatic heterocycles. The van der Waals surface area contributed by atoms with Crippen LogP contribution in [0.3, 0.4) is 0 Å². The first kappa shape index (κ1) is 18.7. The van der Waals surface area contributed by atoms with Crippen LogP contribution in [0.4, 0.5) is 4.79 Å². The lowest BCUT2D eigenvalue weighted by molar-refractivity contribution is -0.137. The SMILES string of the molecule is CC(C)(C)OC(=O)NNC(=S)N(CC(=O)O)Cc1ccccc1. The van der Waals surface area contributed by atoms with Crippen molar-refractivity contribution in [2.75, 3.05) is 6.54 Å². The summed E-state index contributed by atoms with van der Waals surface area (Å²) in [7, 11) is 0. The van der Waals surface area contributed by atoms with Gasteiger partial charge in [0, 0.05) is 6.54 Å². The normalized spacial score (nSPS) is 10.6. The fourth-order valence-corrected chi connectivity index (χ4v) is 1.83. The summed E-state index contributed by atoms with van der Waals surface area (Å²) >= 11 is 5.13. The molecule has 23 heavy (non-hydrogen) atoms. The molecular weight excluding hydrogens is 318 g/mol. The number of aliphatic carboxylic acids is 1. The maximum Gasteiger partial charge on any atom is 0.426 e. The minimum absolute atomic E-state index is 0.0853. The minimum atomic E-state index is -1.03. The van der Waals surface area contributed by atoms with Gasteiger partial charge in [-0.2, -0.15) is 0 Å². The summed E-state index contributed by atoms with van der Waals surface area (Å²) < 4.78 is 5.06. The lowest BCUT2D eigenvalue weighted by Crippen LogP contribution is -2.50. The number of hydrazine groups is 1. The second-order valence-electron chi connectivity index (χ2n) is 5.79. The molecule has 7 nitrogen and oxygen atoms in total.